The molecule has 0 aliphatic rings. The summed E-state index contributed by atoms with van der Waals surface area (Å²) in [6, 6.07) is 29.0. The molecule has 0 saturated carbocycles. The molecule has 2 heterocycles. The Kier molecular flexibility index (Phi) is 6.83. The lowest BCUT2D eigenvalue weighted by Gasteiger charge is -2.12. The Hall–Kier alpha value is -4.30. The van der Waals surface area contributed by atoms with Crippen molar-refractivity contribution in [2.24, 2.45) is 0 Å². The lowest BCUT2D eigenvalue weighted by Crippen LogP contribution is -2.15. The van der Waals surface area contributed by atoms with Crippen LogP contribution in [0.1, 0.15) is 27.3 Å². The van der Waals surface area contributed by atoms with Gasteiger partial charge < -0.3 is 5.32 Å². The average molecular weight is 511 g/mol. The zero-order valence-electron chi connectivity index (χ0n) is 20.3. The van der Waals surface area contributed by atoms with Gasteiger partial charge in [-0.2, -0.15) is 0 Å². The molecule has 0 aliphatic heterocycles. The van der Waals surface area contributed by atoms with E-state index < -0.39 is 9.84 Å². The number of rotatable bonds is 9. The van der Waals surface area contributed by atoms with Crippen molar-refractivity contribution < 1.29 is 13.2 Å². The second kappa shape index (κ2) is 10.4. The van der Waals surface area contributed by atoms with Gasteiger partial charge in [-0.05, 0) is 28.3 Å². The summed E-state index contributed by atoms with van der Waals surface area (Å²) >= 11 is 0. The van der Waals surface area contributed by atoms with E-state index in [0.29, 0.717) is 23.5 Å². The summed E-state index contributed by atoms with van der Waals surface area (Å²) in [6.45, 7) is 0.536. The van der Waals surface area contributed by atoms with Crippen molar-refractivity contribution >= 4 is 27.0 Å². The van der Waals surface area contributed by atoms with Crippen LogP contribution in [-0.4, -0.2) is 35.1 Å². The van der Waals surface area contributed by atoms with E-state index in [1.807, 2.05) is 72.9 Å². The summed E-state index contributed by atoms with van der Waals surface area (Å²) in [5.41, 5.74) is 5.22. The third-order valence-electron chi connectivity index (χ3n) is 5.93. The second-order valence-electron chi connectivity index (χ2n) is 9.00. The molecule has 0 saturated heterocycles. The smallest absolute Gasteiger partial charge is 0.218 e. The molecule has 0 amide bonds. The Morgan fingerprint density at radius 3 is 2.27 bits per heavy atom. The summed E-state index contributed by atoms with van der Waals surface area (Å²) < 4.78 is 25.1. The number of sulfone groups is 1. The third kappa shape index (κ3) is 5.92. The van der Waals surface area contributed by atoms with Crippen LogP contribution in [0.15, 0.2) is 97.2 Å². The molecule has 0 fully saturated rings. The standard InChI is InChI=1S/C29H26N4O3S/c1-37(35,36)20-23-12-8-11-22(17-23)18-26(34)28-31-29(30-19-21-9-4-2-5-10-21)27-25(15-16-33(27)32-28)24-13-6-3-7-14-24/h2-17H,18-20H2,1H3,(H,30,31,32). The number of fused-ring (bicyclic) bond motifs is 1. The predicted molar refractivity (Wildman–Crippen MR) is 145 cm³/mol. The minimum Gasteiger partial charge on any atom is -0.364 e. The highest BCUT2D eigenvalue weighted by molar-refractivity contribution is 7.89. The first-order valence-electron chi connectivity index (χ1n) is 11.9. The number of benzene rings is 3. The number of hydrogen-bond acceptors (Lipinski definition) is 6. The minimum atomic E-state index is -3.18. The molecule has 0 spiro atoms. The molecule has 0 atom stereocenters. The fourth-order valence-electron chi connectivity index (χ4n) is 4.29. The molecule has 5 rings (SSSR count). The quantitative estimate of drug-likeness (QED) is 0.281. The van der Waals surface area contributed by atoms with Crippen molar-refractivity contribution in [3.05, 3.63) is 120 Å². The first kappa shape index (κ1) is 24.4. The highest BCUT2D eigenvalue weighted by Crippen LogP contribution is 2.30. The number of nitrogens with one attached hydrogen (secondary N) is 1. The Morgan fingerprint density at radius 2 is 1.54 bits per heavy atom. The molecule has 1 N–H and O–H groups in total. The predicted octanol–water partition coefficient (Wildman–Crippen LogP) is 4.98. The van der Waals surface area contributed by atoms with Crippen LogP contribution >= 0.6 is 0 Å². The lowest BCUT2D eigenvalue weighted by molar-refractivity contribution is 0.0981. The number of Topliss-reactive ketones (excluding diaryl/α,β-unsaturated/α-hetero) is 1. The molecule has 0 radical (unpaired) electrons. The van der Waals surface area contributed by atoms with Crippen LogP contribution in [0.2, 0.25) is 0 Å². The Bertz CT molecular complexity index is 1660. The van der Waals surface area contributed by atoms with Gasteiger partial charge in [0.05, 0.1) is 5.75 Å². The molecule has 0 bridgehead atoms. The topological polar surface area (TPSA) is 93.4 Å². The number of carbonyl (C=O) groups is 1. The summed E-state index contributed by atoms with van der Waals surface area (Å²) in [5.74, 6) is 0.330. The maximum Gasteiger partial charge on any atom is 0.218 e. The molecular weight excluding hydrogens is 484 g/mol. The maximum absolute atomic E-state index is 13.3. The van der Waals surface area contributed by atoms with Crippen LogP contribution in [0, 0.1) is 0 Å². The van der Waals surface area contributed by atoms with Crippen molar-refractivity contribution in [3.63, 3.8) is 0 Å². The molecule has 0 aliphatic carbocycles. The normalized spacial score (nSPS) is 11.5. The number of carbonyl (C=O) groups excluding carboxylic acids is 1. The first-order valence-corrected chi connectivity index (χ1v) is 13.9. The number of nitrogens with zero attached hydrogens (tertiary/aromatic N) is 3. The van der Waals surface area contributed by atoms with Crippen LogP contribution in [0.25, 0.3) is 16.6 Å². The van der Waals surface area contributed by atoms with Gasteiger partial charge in [-0.3, -0.25) is 4.79 Å². The van der Waals surface area contributed by atoms with Gasteiger partial charge in [0.15, 0.2) is 15.7 Å². The van der Waals surface area contributed by atoms with Crippen molar-refractivity contribution in [1.82, 2.24) is 14.6 Å². The van der Waals surface area contributed by atoms with Gasteiger partial charge in [-0.25, -0.2) is 17.9 Å². The van der Waals surface area contributed by atoms with Crippen LogP contribution in [0.5, 0.6) is 0 Å². The molecule has 37 heavy (non-hydrogen) atoms. The Balaban J connectivity index is 1.50. The summed E-state index contributed by atoms with van der Waals surface area (Å²) in [4.78, 5) is 17.9. The van der Waals surface area contributed by atoms with Crippen LogP contribution in [0.3, 0.4) is 0 Å². The molecule has 8 heteroatoms. The van der Waals surface area contributed by atoms with E-state index in [9.17, 15) is 13.2 Å². The molecule has 2 aromatic heterocycles. The van der Waals surface area contributed by atoms with Gasteiger partial charge in [0.2, 0.25) is 11.6 Å². The molecule has 0 unspecified atom stereocenters. The zero-order chi connectivity index (χ0) is 25.8. The lowest BCUT2D eigenvalue weighted by atomic mass is 10.1. The number of hydrogen-bond donors (Lipinski definition) is 1. The van der Waals surface area contributed by atoms with E-state index in [4.69, 9.17) is 0 Å². The van der Waals surface area contributed by atoms with E-state index in [1.54, 1.807) is 28.8 Å². The van der Waals surface area contributed by atoms with Crippen molar-refractivity contribution in [3.8, 4) is 11.1 Å². The summed E-state index contributed by atoms with van der Waals surface area (Å²) in [7, 11) is -3.18. The molecule has 5 aromatic rings. The Labute approximate surface area is 215 Å². The number of ketones is 1. The summed E-state index contributed by atoms with van der Waals surface area (Å²) in [5, 5.41) is 7.94. The fourth-order valence-corrected chi connectivity index (χ4v) is 5.08. The van der Waals surface area contributed by atoms with Crippen LogP contribution in [-0.2, 0) is 28.6 Å². The summed E-state index contributed by atoms with van der Waals surface area (Å²) in [6.07, 6.45) is 3.09. The van der Waals surface area contributed by atoms with Crippen LogP contribution in [0.4, 0.5) is 5.82 Å². The molecule has 186 valence electrons. The van der Waals surface area contributed by atoms with Crippen LogP contribution < -0.4 is 5.32 Å². The average Bonchev–Trinajstić information content (AvgIpc) is 3.32. The van der Waals surface area contributed by atoms with E-state index in [0.717, 1.165) is 22.2 Å². The zero-order valence-corrected chi connectivity index (χ0v) is 21.2. The molecule has 3 aromatic carbocycles. The monoisotopic (exact) mass is 510 g/mol. The highest BCUT2D eigenvalue weighted by Gasteiger charge is 2.19. The van der Waals surface area contributed by atoms with Crippen molar-refractivity contribution in [2.45, 2.75) is 18.7 Å². The number of aromatic nitrogens is 3. The van der Waals surface area contributed by atoms with E-state index in [-0.39, 0.29) is 23.8 Å². The first-order chi connectivity index (χ1) is 17.9. The van der Waals surface area contributed by atoms with E-state index in [2.05, 4.69) is 15.4 Å². The van der Waals surface area contributed by atoms with Crippen molar-refractivity contribution in [1.29, 1.82) is 0 Å². The molecular formula is C29H26N4O3S. The third-order valence-corrected chi connectivity index (χ3v) is 6.79. The van der Waals surface area contributed by atoms with E-state index >= 15 is 0 Å². The van der Waals surface area contributed by atoms with E-state index in [1.165, 1.54) is 6.26 Å². The minimum absolute atomic E-state index is 0.0635. The van der Waals surface area contributed by atoms with Gasteiger partial charge in [-0.15, -0.1) is 5.10 Å². The maximum atomic E-state index is 13.3. The SMILES string of the molecule is CS(=O)(=O)Cc1cccc(CC(=O)c2nc(NCc3ccccc3)c3c(-c4ccccc4)ccn3n2)c1. The largest absolute Gasteiger partial charge is 0.364 e. The number of anilines is 1. The van der Waals surface area contributed by atoms with Crippen molar-refractivity contribution in [2.75, 3.05) is 11.6 Å². The second-order valence-corrected chi connectivity index (χ2v) is 11.1. The Morgan fingerprint density at radius 1 is 0.865 bits per heavy atom. The fraction of sp³-hybridized carbons (Fsp3) is 0.138. The molecule has 7 nitrogen and oxygen atoms in total. The van der Waals surface area contributed by atoms with Gasteiger partial charge in [-0.1, -0.05) is 84.9 Å². The highest BCUT2D eigenvalue weighted by atomic mass is 32.2. The van der Waals surface area contributed by atoms with Gasteiger partial charge >= 0.3 is 0 Å². The van der Waals surface area contributed by atoms with Gasteiger partial charge in [0, 0.05) is 31.0 Å². The van der Waals surface area contributed by atoms with Gasteiger partial charge in [0.1, 0.15) is 5.52 Å². The van der Waals surface area contributed by atoms with Gasteiger partial charge in [0.25, 0.3) is 0 Å².